The fourth-order valence-corrected chi connectivity index (χ4v) is 5.03. The number of nitrogens with zero attached hydrogens (tertiary/aromatic N) is 2. The van der Waals surface area contributed by atoms with Crippen LogP contribution in [-0.2, 0) is 10.5 Å². The van der Waals surface area contributed by atoms with E-state index in [1.807, 2.05) is 30.5 Å². The minimum absolute atomic E-state index is 0.0376. The molecule has 142 valence electrons. The molecule has 2 aromatic rings. The van der Waals surface area contributed by atoms with Gasteiger partial charge in [0, 0.05) is 34.0 Å². The molecule has 3 rings (SSSR count). The number of non-ortho nitro benzene ring substituents is 1. The summed E-state index contributed by atoms with van der Waals surface area (Å²) in [5.74, 6) is 0.00456. The molecule has 0 spiro atoms. The lowest BCUT2D eigenvalue weighted by molar-refractivity contribution is -0.384. The summed E-state index contributed by atoms with van der Waals surface area (Å²) in [4.78, 5) is 23.8. The quantitative estimate of drug-likeness (QED) is 0.538. The molecule has 1 N–H and O–H groups in total. The van der Waals surface area contributed by atoms with Crippen LogP contribution in [0.5, 0.6) is 0 Å². The van der Waals surface area contributed by atoms with Crippen LogP contribution in [0.25, 0.3) is 0 Å². The molecule has 1 aromatic carbocycles. The van der Waals surface area contributed by atoms with Crippen LogP contribution >= 0.6 is 23.1 Å². The van der Waals surface area contributed by atoms with Gasteiger partial charge in [0.1, 0.15) is 0 Å². The number of thiophene rings is 1. The molecule has 0 saturated carbocycles. The number of allylic oxidation sites excluding steroid dienone is 3. The van der Waals surface area contributed by atoms with Gasteiger partial charge in [0.2, 0.25) is 0 Å². The molecule has 0 fully saturated rings. The smallest absolute Gasteiger partial charge is 0.269 e. The molecule has 0 aliphatic carbocycles. The molecule has 28 heavy (non-hydrogen) atoms. The molecule has 0 radical (unpaired) electrons. The van der Waals surface area contributed by atoms with Gasteiger partial charge in [-0.25, -0.2) is 0 Å². The first-order valence-corrected chi connectivity index (χ1v) is 10.3. The van der Waals surface area contributed by atoms with Crippen LogP contribution in [0.15, 0.2) is 63.7 Å². The number of nitro groups is 1. The van der Waals surface area contributed by atoms with Gasteiger partial charge in [-0.1, -0.05) is 18.2 Å². The third-order valence-electron chi connectivity index (χ3n) is 4.36. The Kier molecular flexibility index (Phi) is 5.97. The fraction of sp³-hybridized carbons (Fsp3) is 0.200. The molecule has 8 heteroatoms. The fourth-order valence-electron chi connectivity index (χ4n) is 3.15. The predicted octanol–water partition coefficient (Wildman–Crippen LogP) is 4.87. The molecule has 1 aliphatic rings. The Bertz CT molecular complexity index is 1030. The van der Waals surface area contributed by atoms with E-state index in [0.29, 0.717) is 21.9 Å². The summed E-state index contributed by atoms with van der Waals surface area (Å²) >= 11 is 2.91. The largest absolute Gasteiger partial charge is 0.353 e. The number of dihydropyridines is 1. The highest BCUT2D eigenvalue weighted by Gasteiger charge is 2.33. The molecule has 1 atom stereocenters. The van der Waals surface area contributed by atoms with Crippen LogP contribution in [0.3, 0.4) is 0 Å². The van der Waals surface area contributed by atoms with Gasteiger partial charge in [0.05, 0.1) is 27.5 Å². The first-order valence-electron chi connectivity index (χ1n) is 8.45. The van der Waals surface area contributed by atoms with E-state index in [1.54, 1.807) is 6.07 Å². The molecule has 0 amide bonds. The van der Waals surface area contributed by atoms with Crippen molar-refractivity contribution in [3.8, 4) is 6.07 Å². The van der Waals surface area contributed by atoms with Crippen molar-refractivity contribution in [2.45, 2.75) is 25.5 Å². The van der Waals surface area contributed by atoms with Crippen molar-refractivity contribution in [2.75, 3.05) is 0 Å². The van der Waals surface area contributed by atoms with Crippen molar-refractivity contribution in [3.05, 3.63) is 84.2 Å². The molecular formula is C20H17N3O3S2. The van der Waals surface area contributed by atoms with E-state index < -0.39 is 10.8 Å². The van der Waals surface area contributed by atoms with Crippen LogP contribution < -0.4 is 5.32 Å². The highest BCUT2D eigenvalue weighted by molar-refractivity contribution is 8.02. The highest BCUT2D eigenvalue weighted by Crippen LogP contribution is 2.42. The Labute approximate surface area is 170 Å². The van der Waals surface area contributed by atoms with Crippen LogP contribution in [0.4, 0.5) is 5.69 Å². The summed E-state index contributed by atoms with van der Waals surface area (Å²) in [6.45, 7) is 3.34. The Hall–Kier alpha value is -2.89. The molecule has 0 unspecified atom stereocenters. The SMILES string of the molecule is CC(=O)C1=C(C)NC(SCc2cccc([N+](=O)[O-])c2)=C(C#N)[C@H]1c1cccs1. The lowest BCUT2D eigenvalue weighted by atomic mass is 9.85. The Morgan fingerprint density at radius 1 is 1.39 bits per heavy atom. The van der Waals surface area contributed by atoms with Crippen LogP contribution in [0.1, 0.15) is 30.2 Å². The van der Waals surface area contributed by atoms with E-state index in [0.717, 1.165) is 16.1 Å². The second-order valence-electron chi connectivity index (χ2n) is 6.24. The van der Waals surface area contributed by atoms with Crippen molar-refractivity contribution < 1.29 is 9.72 Å². The van der Waals surface area contributed by atoms with Crippen LogP contribution in [-0.4, -0.2) is 10.7 Å². The zero-order chi connectivity index (χ0) is 20.3. The van der Waals surface area contributed by atoms with E-state index in [1.165, 1.54) is 42.2 Å². The molecular weight excluding hydrogens is 394 g/mol. The third kappa shape index (κ3) is 4.01. The molecule has 0 saturated heterocycles. The summed E-state index contributed by atoms with van der Waals surface area (Å²) in [7, 11) is 0. The maximum Gasteiger partial charge on any atom is 0.269 e. The number of hydrogen-bond acceptors (Lipinski definition) is 7. The topological polar surface area (TPSA) is 96.0 Å². The monoisotopic (exact) mass is 411 g/mol. The zero-order valence-electron chi connectivity index (χ0n) is 15.3. The Morgan fingerprint density at radius 2 is 2.18 bits per heavy atom. The number of ketones is 1. The zero-order valence-corrected chi connectivity index (χ0v) is 16.9. The normalized spacial score (nSPS) is 16.5. The van der Waals surface area contributed by atoms with Gasteiger partial charge in [-0.3, -0.25) is 14.9 Å². The van der Waals surface area contributed by atoms with Gasteiger partial charge in [-0.15, -0.1) is 23.1 Å². The summed E-state index contributed by atoms with van der Waals surface area (Å²) in [6.07, 6.45) is 0. The molecule has 2 heterocycles. The lowest BCUT2D eigenvalue weighted by Crippen LogP contribution is -2.26. The van der Waals surface area contributed by atoms with Crippen LogP contribution in [0.2, 0.25) is 0 Å². The Morgan fingerprint density at radius 3 is 2.79 bits per heavy atom. The average Bonchev–Trinajstić information content (AvgIpc) is 3.20. The Balaban J connectivity index is 1.94. The van der Waals surface area contributed by atoms with E-state index in [2.05, 4.69) is 11.4 Å². The molecule has 1 aliphatic heterocycles. The number of nitrogens with one attached hydrogen (secondary N) is 1. The standard InChI is InChI=1S/C20H17N3O3S2/c1-12-18(13(2)24)19(17-7-4-8-27-17)16(10-21)20(22-12)28-11-14-5-3-6-15(9-14)23(25)26/h3-9,19,22H,11H2,1-2H3/t19-/m0/s1. The molecule has 0 bridgehead atoms. The maximum atomic E-state index is 12.3. The van der Waals surface area contributed by atoms with Crippen molar-refractivity contribution in [3.63, 3.8) is 0 Å². The van der Waals surface area contributed by atoms with Gasteiger partial charge in [-0.2, -0.15) is 5.26 Å². The number of carbonyl (C=O) groups excluding carboxylic acids is 1. The minimum atomic E-state index is -0.425. The first kappa shape index (κ1) is 19.9. The summed E-state index contributed by atoms with van der Waals surface area (Å²) in [5, 5.41) is 26.6. The molecule has 1 aromatic heterocycles. The summed E-state index contributed by atoms with van der Waals surface area (Å²) < 4.78 is 0. The van der Waals surface area contributed by atoms with Gasteiger partial charge >= 0.3 is 0 Å². The van der Waals surface area contributed by atoms with Crippen molar-refractivity contribution in [1.29, 1.82) is 5.26 Å². The van der Waals surface area contributed by atoms with E-state index in [4.69, 9.17) is 0 Å². The van der Waals surface area contributed by atoms with Gasteiger partial charge in [0.25, 0.3) is 5.69 Å². The number of carbonyl (C=O) groups is 1. The summed E-state index contributed by atoms with van der Waals surface area (Å²) in [5.41, 5.74) is 2.65. The number of thioether (sulfide) groups is 1. The number of nitro benzene ring substituents is 1. The number of rotatable bonds is 6. The molecule has 6 nitrogen and oxygen atoms in total. The maximum absolute atomic E-state index is 12.3. The minimum Gasteiger partial charge on any atom is -0.353 e. The average molecular weight is 412 g/mol. The van der Waals surface area contributed by atoms with E-state index in [9.17, 15) is 20.2 Å². The second-order valence-corrected chi connectivity index (χ2v) is 8.20. The number of Topliss-reactive ketones (excluding diaryl/α,β-unsaturated/α-hetero) is 1. The van der Waals surface area contributed by atoms with Crippen molar-refractivity contribution >= 4 is 34.6 Å². The predicted molar refractivity (Wildman–Crippen MR) is 111 cm³/mol. The third-order valence-corrected chi connectivity index (χ3v) is 6.38. The number of benzene rings is 1. The van der Waals surface area contributed by atoms with Gasteiger partial charge in [0.15, 0.2) is 5.78 Å². The first-order chi connectivity index (χ1) is 13.4. The second kappa shape index (κ2) is 8.42. The van der Waals surface area contributed by atoms with Gasteiger partial charge in [-0.05, 0) is 30.9 Å². The van der Waals surface area contributed by atoms with Gasteiger partial charge < -0.3 is 5.32 Å². The summed E-state index contributed by atoms with van der Waals surface area (Å²) in [6, 6.07) is 12.5. The van der Waals surface area contributed by atoms with Crippen molar-refractivity contribution in [2.24, 2.45) is 0 Å². The van der Waals surface area contributed by atoms with E-state index >= 15 is 0 Å². The number of nitriles is 1. The van der Waals surface area contributed by atoms with Crippen molar-refractivity contribution in [1.82, 2.24) is 5.32 Å². The number of hydrogen-bond donors (Lipinski definition) is 1. The van der Waals surface area contributed by atoms with Crippen LogP contribution in [0, 0.1) is 21.4 Å². The highest BCUT2D eigenvalue weighted by atomic mass is 32.2. The lowest BCUT2D eigenvalue weighted by Gasteiger charge is -2.28. The van der Waals surface area contributed by atoms with E-state index in [-0.39, 0.29) is 11.5 Å².